The molecule has 1 atom stereocenters. The molecule has 1 aliphatic heterocycles. The van der Waals surface area contributed by atoms with Crippen LogP contribution in [0.5, 0.6) is 5.75 Å². The smallest absolute Gasteiger partial charge is 0.407 e. The van der Waals surface area contributed by atoms with Gasteiger partial charge in [0.15, 0.2) is 11.6 Å². The molecular weight excluding hydrogens is 550 g/mol. The van der Waals surface area contributed by atoms with E-state index in [2.05, 4.69) is 10.6 Å². The maximum absolute atomic E-state index is 16.4. The molecule has 0 spiro atoms. The Hall–Kier alpha value is -4.35. The number of hydrogen-bond donors (Lipinski definition) is 3. The zero-order chi connectivity index (χ0) is 30.3. The van der Waals surface area contributed by atoms with E-state index in [1.165, 1.54) is 16.6 Å². The van der Waals surface area contributed by atoms with Crippen molar-refractivity contribution < 1.29 is 33.0 Å². The summed E-state index contributed by atoms with van der Waals surface area (Å²) in [6.45, 7) is 5.63. The van der Waals surface area contributed by atoms with E-state index in [9.17, 15) is 19.5 Å². The summed E-state index contributed by atoms with van der Waals surface area (Å²) in [5.41, 5.74) is -2.27. The number of carbonyl (C=O) groups excluding carboxylic acids is 1. The number of carboxylic acid groups (broad SMARTS) is 1. The van der Waals surface area contributed by atoms with Crippen molar-refractivity contribution in [1.29, 1.82) is 0 Å². The predicted molar refractivity (Wildman–Crippen MR) is 154 cm³/mol. The number of pyridine rings is 1. The van der Waals surface area contributed by atoms with Crippen molar-refractivity contribution in [2.24, 2.45) is 0 Å². The summed E-state index contributed by atoms with van der Waals surface area (Å²) in [5.74, 6) is -2.80. The van der Waals surface area contributed by atoms with Crippen LogP contribution in [0.25, 0.3) is 10.9 Å². The van der Waals surface area contributed by atoms with Crippen molar-refractivity contribution in [3.63, 3.8) is 0 Å². The van der Waals surface area contributed by atoms with Crippen LogP contribution in [0, 0.1) is 11.6 Å². The molecule has 0 bridgehead atoms. The Balaban J connectivity index is 1.59. The van der Waals surface area contributed by atoms with Crippen LogP contribution >= 0.6 is 0 Å². The van der Waals surface area contributed by atoms with Crippen molar-refractivity contribution >= 4 is 34.3 Å². The molecule has 3 N–H and O–H groups in total. The van der Waals surface area contributed by atoms with E-state index in [0.717, 1.165) is 11.8 Å². The Kier molecular flexibility index (Phi) is 7.74. The fourth-order valence-electron chi connectivity index (χ4n) is 5.25. The van der Waals surface area contributed by atoms with E-state index in [1.54, 1.807) is 45.0 Å². The lowest BCUT2D eigenvalue weighted by molar-refractivity contribution is 0.0508. The molecule has 1 unspecified atom stereocenters. The van der Waals surface area contributed by atoms with Gasteiger partial charge in [0.25, 0.3) is 0 Å². The highest BCUT2D eigenvalue weighted by atomic mass is 19.1. The molecular formula is C30H34F2N4O6. The highest BCUT2D eigenvalue weighted by Gasteiger charge is 2.36. The van der Waals surface area contributed by atoms with Gasteiger partial charge in [-0.1, -0.05) is 12.1 Å². The minimum absolute atomic E-state index is 0.0735. The number of nitrogens with zero attached hydrogens (tertiary/aromatic N) is 2. The number of carbonyl (C=O) groups is 2. The standard InChI is InChI=1S/C30H34F2N4O6/c1-30(2,3)42-29(40)34-17-11-12-35(14-17)26-22(31)24(33-13-16-5-9-19(41-4)10-6-16)21-25(23(26)32)36(18-7-8-18)15-20(27(21)37)28(38)39/h5-6,9-10,15,17-18,33H,7-8,11-14H2,1-4H3,(H,34,40)(H,38,39). The molecule has 1 saturated heterocycles. The summed E-state index contributed by atoms with van der Waals surface area (Å²) in [4.78, 5) is 39.3. The molecule has 2 aliphatic rings. The van der Waals surface area contributed by atoms with E-state index in [-0.39, 0.29) is 48.0 Å². The molecule has 2 fully saturated rings. The third-order valence-electron chi connectivity index (χ3n) is 7.35. The monoisotopic (exact) mass is 584 g/mol. The molecule has 1 saturated carbocycles. The average Bonchev–Trinajstić information content (AvgIpc) is 3.67. The number of halogens is 2. The minimum atomic E-state index is -1.47. The quantitative estimate of drug-likeness (QED) is 0.337. The second-order valence-electron chi connectivity index (χ2n) is 11.7. The number of fused-ring (bicyclic) bond motifs is 1. The van der Waals surface area contributed by atoms with Crippen molar-refractivity contribution in [3.05, 3.63) is 63.4 Å². The Morgan fingerprint density at radius 2 is 1.79 bits per heavy atom. The van der Waals surface area contributed by atoms with Gasteiger partial charge in [0.1, 0.15) is 22.6 Å². The van der Waals surface area contributed by atoms with Gasteiger partial charge in [0.2, 0.25) is 5.43 Å². The molecule has 2 aromatic carbocycles. The fourth-order valence-corrected chi connectivity index (χ4v) is 5.25. The molecule has 2 heterocycles. The number of anilines is 2. The van der Waals surface area contributed by atoms with Crippen LogP contribution in [0.3, 0.4) is 0 Å². The van der Waals surface area contributed by atoms with Gasteiger partial charge in [-0.15, -0.1) is 0 Å². The van der Waals surface area contributed by atoms with E-state index < -0.39 is 46.3 Å². The zero-order valence-electron chi connectivity index (χ0n) is 23.9. The number of ether oxygens (including phenoxy) is 2. The largest absolute Gasteiger partial charge is 0.497 e. The summed E-state index contributed by atoms with van der Waals surface area (Å²) in [7, 11) is 1.53. The molecule has 0 radical (unpaired) electrons. The van der Waals surface area contributed by atoms with Crippen LogP contribution in [0.4, 0.5) is 25.0 Å². The van der Waals surface area contributed by atoms with Crippen LogP contribution < -0.4 is 25.7 Å². The maximum Gasteiger partial charge on any atom is 0.407 e. The Labute approximate surface area is 241 Å². The molecule has 1 aliphatic carbocycles. The molecule has 3 aromatic rings. The molecule has 42 heavy (non-hydrogen) atoms. The average molecular weight is 585 g/mol. The molecule has 1 aromatic heterocycles. The first-order valence-electron chi connectivity index (χ1n) is 13.8. The first-order valence-corrected chi connectivity index (χ1v) is 13.8. The topological polar surface area (TPSA) is 122 Å². The second-order valence-corrected chi connectivity index (χ2v) is 11.7. The third-order valence-corrected chi connectivity index (χ3v) is 7.35. The molecule has 1 amide bonds. The summed E-state index contributed by atoms with van der Waals surface area (Å²) < 4.78 is 44.8. The number of rotatable bonds is 8. The Morgan fingerprint density at radius 3 is 2.38 bits per heavy atom. The van der Waals surface area contributed by atoms with Crippen molar-refractivity contribution in [2.45, 2.75) is 64.3 Å². The number of benzene rings is 2. The first kappa shape index (κ1) is 29.2. The number of alkyl carbamates (subject to hydrolysis) is 1. The van der Waals surface area contributed by atoms with E-state index in [4.69, 9.17) is 9.47 Å². The number of amides is 1. The molecule has 10 nitrogen and oxygen atoms in total. The van der Waals surface area contributed by atoms with Gasteiger partial charge in [0, 0.05) is 31.9 Å². The van der Waals surface area contributed by atoms with Crippen LogP contribution in [0.15, 0.2) is 35.3 Å². The lowest BCUT2D eigenvalue weighted by atomic mass is 10.1. The van der Waals surface area contributed by atoms with E-state index >= 15 is 8.78 Å². The highest BCUT2D eigenvalue weighted by Crippen LogP contribution is 2.43. The first-order chi connectivity index (χ1) is 19.9. The second kappa shape index (κ2) is 11.1. The fraction of sp³-hybridized carbons (Fsp3) is 0.433. The van der Waals surface area contributed by atoms with Crippen LogP contribution in [-0.2, 0) is 11.3 Å². The number of aromatic carboxylic acids is 1. The Bertz CT molecular complexity index is 1600. The third kappa shape index (κ3) is 5.83. The van der Waals surface area contributed by atoms with Gasteiger partial charge < -0.3 is 34.7 Å². The zero-order valence-corrected chi connectivity index (χ0v) is 23.9. The maximum atomic E-state index is 16.4. The van der Waals surface area contributed by atoms with Crippen molar-refractivity contribution in [2.75, 3.05) is 30.4 Å². The van der Waals surface area contributed by atoms with E-state index in [1.807, 2.05) is 0 Å². The lowest BCUT2D eigenvalue weighted by Crippen LogP contribution is -2.40. The van der Waals surface area contributed by atoms with E-state index in [0.29, 0.717) is 25.0 Å². The SMILES string of the molecule is COc1ccc(CNc2c(F)c(N3CCC(NC(=O)OC(C)(C)C)C3)c(F)c3c2c(=O)c(C(=O)O)cn3C2CC2)cc1. The summed E-state index contributed by atoms with van der Waals surface area (Å²) in [6, 6.07) is 6.33. The van der Waals surface area contributed by atoms with Crippen molar-refractivity contribution in [1.82, 2.24) is 9.88 Å². The summed E-state index contributed by atoms with van der Waals surface area (Å²) in [5, 5.41) is 15.1. The Morgan fingerprint density at radius 1 is 1.10 bits per heavy atom. The van der Waals surface area contributed by atoms with Gasteiger partial charge in [0.05, 0.1) is 29.7 Å². The molecule has 12 heteroatoms. The summed E-state index contributed by atoms with van der Waals surface area (Å²) >= 11 is 0. The van der Waals surface area contributed by atoms with Gasteiger partial charge in [-0.25, -0.2) is 18.4 Å². The number of methoxy groups -OCH3 is 1. The number of nitrogens with one attached hydrogen (secondary N) is 2. The number of carboxylic acids is 1. The van der Waals surface area contributed by atoms with Crippen LogP contribution in [0.1, 0.15) is 62.0 Å². The minimum Gasteiger partial charge on any atom is -0.497 e. The number of aromatic nitrogens is 1. The van der Waals surface area contributed by atoms with Crippen molar-refractivity contribution in [3.8, 4) is 5.75 Å². The van der Waals surface area contributed by atoms with Crippen LogP contribution in [-0.4, -0.2) is 53.6 Å². The number of hydrogen-bond acceptors (Lipinski definition) is 7. The van der Waals surface area contributed by atoms with Crippen LogP contribution in [0.2, 0.25) is 0 Å². The summed E-state index contributed by atoms with van der Waals surface area (Å²) in [6.07, 6.45) is 2.28. The molecule has 224 valence electrons. The van der Waals surface area contributed by atoms with Gasteiger partial charge in [-0.2, -0.15) is 0 Å². The molecule has 5 rings (SSSR count). The van der Waals surface area contributed by atoms with Gasteiger partial charge in [-0.3, -0.25) is 4.79 Å². The van der Waals surface area contributed by atoms with Gasteiger partial charge in [-0.05, 0) is 57.7 Å². The predicted octanol–water partition coefficient (Wildman–Crippen LogP) is 5.04. The highest BCUT2D eigenvalue weighted by molar-refractivity contribution is 6.00. The van der Waals surface area contributed by atoms with Gasteiger partial charge >= 0.3 is 12.1 Å². The normalized spacial score (nSPS) is 16.9. The lowest BCUT2D eigenvalue weighted by Gasteiger charge is -2.25.